The van der Waals surface area contributed by atoms with Crippen molar-refractivity contribution in [1.29, 1.82) is 0 Å². The molecule has 11 heavy (non-hydrogen) atoms. The molecule has 0 saturated carbocycles. The van der Waals surface area contributed by atoms with Crippen molar-refractivity contribution in [2.75, 3.05) is 6.54 Å². The van der Waals surface area contributed by atoms with Gasteiger partial charge in [0.15, 0.2) is 0 Å². The van der Waals surface area contributed by atoms with Crippen LogP contribution in [0.3, 0.4) is 0 Å². The van der Waals surface area contributed by atoms with Crippen LogP contribution in [0, 0.1) is 6.92 Å². The molecule has 1 aliphatic rings. The Morgan fingerprint density at radius 2 is 2.45 bits per heavy atom. The molecule has 58 valence electrons. The van der Waals surface area contributed by atoms with E-state index in [2.05, 4.69) is 23.3 Å². The molecule has 0 amide bonds. The fourth-order valence-electron chi connectivity index (χ4n) is 1.38. The van der Waals surface area contributed by atoms with Gasteiger partial charge in [0.2, 0.25) is 0 Å². The van der Waals surface area contributed by atoms with E-state index in [9.17, 15) is 0 Å². The molecule has 0 spiro atoms. The average molecular weight is 148 g/mol. The highest BCUT2D eigenvalue weighted by Crippen LogP contribution is 2.22. The summed E-state index contributed by atoms with van der Waals surface area (Å²) in [4.78, 5) is 4.34. The lowest BCUT2D eigenvalue weighted by atomic mass is 10.00. The molecule has 1 aliphatic heterocycles. The van der Waals surface area contributed by atoms with Gasteiger partial charge >= 0.3 is 0 Å². The quantitative estimate of drug-likeness (QED) is 0.651. The smallest absolute Gasteiger partial charge is 0.0602 e. The Hall–Kier alpha value is -0.890. The molecule has 1 aromatic rings. The number of hydrogen-bond donors (Lipinski definition) is 1. The molecule has 0 unspecified atom stereocenters. The topological polar surface area (TPSA) is 24.9 Å². The third kappa shape index (κ3) is 1.14. The van der Waals surface area contributed by atoms with Crippen LogP contribution in [0.25, 0.3) is 0 Å². The zero-order chi connectivity index (χ0) is 7.68. The first kappa shape index (κ1) is 6.80. The molecule has 0 aliphatic carbocycles. The molecule has 0 bridgehead atoms. The largest absolute Gasteiger partial charge is 0.309 e. The lowest BCUT2D eigenvalue weighted by Gasteiger charge is -2.27. The maximum atomic E-state index is 4.34. The van der Waals surface area contributed by atoms with Gasteiger partial charge in [0.05, 0.1) is 11.7 Å². The third-order valence-electron chi connectivity index (χ3n) is 2.20. The van der Waals surface area contributed by atoms with Gasteiger partial charge in [-0.25, -0.2) is 0 Å². The number of rotatable bonds is 1. The predicted molar refractivity (Wildman–Crippen MR) is 44.3 cm³/mol. The van der Waals surface area contributed by atoms with Gasteiger partial charge in [-0.2, -0.15) is 0 Å². The van der Waals surface area contributed by atoms with Crippen molar-refractivity contribution in [1.82, 2.24) is 10.3 Å². The molecule has 0 aromatic carbocycles. The zero-order valence-corrected chi connectivity index (χ0v) is 6.67. The minimum Gasteiger partial charge on any atom is -0.309 e. The lowest BCUT2D eigenvalue weighted by Crippen LogP contribution is -2.35. The highest BCUT2D eigenvalue weighted by molar-refractivity contribution is 5.22. The summed E-state index contributed by atoms with van der Waals surface area (Å²) in [6.07, 6.45) is 3.10. The predicted octanol–water partition coefficient (Wildman–Crippen LogP) is 1.42. The summed E-state index contributed by atoms with van der Waals surface area (Å²) in [5.74, 6) is 0. The van der Waals surface area contributed by atoms with E-state index < -0.39 is 0 Å². The highest BCUT2D eigenvalue weighted by atomic mass is 15.0. The second kappa shape index (κ2) is 2.62. The van der Waals surface area contributed by atoms with Crippen LogP contribution in [0.2, 0.25) is 0 Å². The van der Waals surface area contributed by atoms with E-state index in [0.29, 0.717) is 6.04 Å². The Kier molecular flexibility index (Phi) is 1.62. The summed E-state index contributed by atoms with van der Waals surface area (Å²) in [5, 5.41) is 3.34. The molecular formula is C9H12N2. The van der Waals surface area contributed by atoms with E-state index in [4.69, 9.17) is 0 Å². The van der Waals surface area contributed by atoms with Gasteiger partial charge in [-0.1, -0.05) is 6.07 Å². The van der Waals surface area contributed by atoms with Gasteiger partial charge in [0.25, 0.3) is 0 Å². The van der Waals surface area contributed by atoms with Gasteiger partial charge in [-0.15, -0.1) is 0 Å². The molecular weight excluding hydrogens is 136 g/mol. The summed E-state index contributed by atoms with van der Waals surface area (Å²) in [5.41, 5.74) is 2.52. The molecule has 2 nitrogen and oxygen atoms in total. The molecule has 1 fully saturated rings. The Morgan fingerprint density at radius 3 is 3.00 bits per heavy atom. The Morgan fingerprint density at radius 1 is 1.64 bits per heavy atom. The normalized spacial score (nSPS) is 22.8. The van der Waals surface area contributed by atoms with Crippen molar-refractivity contribution in [2.45, 2.75) is 19.4 Å². The number of nitrogens with one attached hydrogen (secondary N) is 1. The van der Waals surface area contributed by atoms with Crippen LogP contribution < -0.4 is 5.32 Å². The minimum atomic E-state index is 0.524. The fraction of sp³-hybridized carbons (Fsp3) is 0.444. The van der Waals surface area contributed by atoms with Gasteiger partial charge in [0.1, 0.15) is 0 Å². The monoisotopic (exact) mass is 148 g/mol. The van der Waals surface area contributed by atoms with E-state index >= 15 is 0 Å². The van der Waals surface area contributed by atoms with Crippen molar-refractivity contribution in [3.63, 3.8) is 0 Å². The maximum absolute atomic E-state index is 4.34. The summed E-state index contributed by atoms with van der Waals surface area (Å²) in [6, 6.07) is 4.62. The number of aryl methyl sites for hydroxylation is 1. The van der Waals surface area contributed by atoms with E-state index in [-0.39, 0.29) is 0 Å². The first-order valence-corrected chi connectivity index (χ1v) is 4.03. The van der Waals surface area contributed by atoms with E-state index in [0.717, 1.165) is 6.54 Å². The van der Waals surface area contributed by atoms with Gasteiger partial charge in [0, 0.05) is 6.20 Å². The van der Waals surface area contributed by atoms with Crippen LogP contribution >= 0.6 is 0 Å². The second-order valence-corrected chi connectivity index (χ2v) is 3.00. The van der Waals surface area contributed by atoms with Crippen molar-refractivity contribution < 1.29 is 0 Å². The van der Waals surface area contributed by atoms with Crippen LogP contribution in [0.1, 0.15) is 23.7 Å². The molecule has 2 rings (SSSR count). The van der Waals surface area contributed by atoms with E-state index in [1.807, 2.05) is 12.3 Å². The first-order chi connectivity index (χ1) is 5.38. The maximum Gasteiger partial charge on any atom is 0.0602 e. The van der Waals surface area contributed by atoms with Crippen molar-refractivity contribution in [2.24, 2.45) is 0 Å². The van der Waals surface area contributed by atoms with Crippen molar-refractivity contribution in [3.05, 3.63) is 29.6 Å². The summed E-state index contributed by atoms with van der Waals surface area (Å²) >= 11 is 0. The van der Waals surface area contributed by atoms with E-state index in [1.54, 1.807) is 0 Å². The number of aromatic nitrogens is 1. The number of hydrogen-bond acceptors (Lipinski definition) is 2. The standard InChI is InChI=1S/C9H12N2/c1-7-3-2-5-11-9(7)8-4-6-10-8/h2-3,5,8,10H,4,6H2,1H3/t8-/m0/s1. The fourth-order valence-corrected chi connectivity index (χ4v) is 1.38. The molecule has 2 heterocycles. The number of nitrogens with zero attached hydrogens (tertiary/aromatic N) is 1. The Labute approximate surface area is 66.7 Å². The van der Waals surface area contributed by atoms with Gasteiger partial charge in [-0.05, 0) is 31.5 Å². The molecule has 2 heteroatoms. The Bertz CT molecular complexity index is 253. The van der Waals surface area contributed by atoms with E-state index in [1.165, 1.54) is 17.7 Å². The van der Waals surface area contributed by atoms with Gasteiger partial charge in [-0.3, -0.25) is 4.98 Å². The minimum absolute atomic E-state index is 0.524. The van der Waals surface area contributed by atoms with Crippen molar-refractivity contribution in [3.8, 4) is 0 Å². The highest BCUT2D eigenvalue weighted by Gasteiger charge is 2.20. The lowest BCUT2D eigenvalue weighted by molar-refractivity contribution is 0.373. The second-order valence-electron chi connectivity index (χ2n) is 3.00. The SMILES string of the molecule is Cc1cccnc1[C@@H]1CCN1. The molecule has 1 atom stereocenters. The van der Waals surface area contributed by atoms with Crippen LogP contribution in [0.4, 0.5) is 0 Å². The molecule has 1 aromatic heterocycles. The summed E-state index contributed by atoms with van der Waals surface area (Å²) in [6.45, 7) is 3.25. The Balaban J connectivity index is 2.28. The molecule has 1 saturated heterocycles. The molecule has 0 radical (unpaired) electrons. The average Bonchev–Trinajstić information content (AvgIpc) is 1.90. The van der Waals surface area contributed by atoms with Crippen LogP contribution in [-0.4, -0.2) is 11.5 Å². The van der Waals surface area contributed by atoms with Crippen LogP contribution in [0.15, 0.2) is 18.3 Å². The first-order valence-electron chi connectivity index (χ1n) is 4.03. The number of pyridine rings is 1. The van der Waals surface area contributed by atoms with Crippen molar-refractivity contribution >= 4 is 0 Å². The molecule has 1 N–H and O–H groups in total. The van der Waals surface area contributed by atoms with Crippen LogP contribution in [-0.2, 0) is 0 Å². The summed E-state index contributed by atoms with van der Waals surface area (Å²) < 4.78 is 0. The third-order valence-corrected chi connectivity index (χ3v) is 2.20. The summed E-state index contributed by atoms with van der Waals surface area (Å²) in [7, 11) is 0. The van der Waals surface area contributed by atoms with Gasteiger partial charge < -0.3 is 5.32 Å². The van der Waals surface area contributed by atoms with Crippen LogP contribution in [0.5, 0.6) is 0 Å². The zero-order valence-electron chi connectivity index (χ0n) is 6.67.